The third-order valence-electron chi connectivity index (χ3n) is 7.01. The van der Waals surface area contributed by atoms with E-state index in [0.29, 0.717) is 0 Å². The molecule has 0 heterocycles. The molecule has 0 rings (SSSR count). The fourth-order valence-electron chi connectivity index (χ4n) is 4.78. The number of carbonyl (C=O) groups excluding carboxylic acids is 2. The molecule has 0 N–H and O–H groups in total. The second-order valence-corrected chi connectivity index (χ2v) is 10.4. The molecule has 0 saturated carbocycles. The van der Waals surface area contributed by atoms with Crippen LogP contribution in [-0.4, -0.2) is 49.7 Å². The van der Waals surface area contributed by atoms with Crippen molar-refractivity contribution in [1.29, 1.82) is 0 Å². The molecule has 0 aliphatic rings. The largest absolute Gasteiger partial charge is 2.00 e. The molecule has 0 saturated heterocycles. The topological polar surface area (TPSA) is 80.3 Å². The normalized spacial score (nSPS) is 10.9. The summed E-state index contributed by atoms with van der Waals surface area (Å²) in [6.07, 6.45) is 33.8. The van der Waals surface area contributed by atoms with E-state index in [1.54, 1.807) is 0 Å². The van der Waals surface area contributed by atoms with Crippen molar-refractivity contribution in [2.75, 3.05) is 0 Å². The van der Waals surface area contributed by atoms with E-state index in [2.05, 4.69) is 0 Å². The van der Waals surface area contributed by atoms with Crippen molar-refractivity contribution in [3.63, 3.8) is 0 Å². The molecule has 0 unspecified atom stereocenters. The summed E-state index contributed by atoms with van der Waals surface area (Å²) in [6, 6.07) is 0. The van der Waals surface area contributed by atoms with Gasteiger partial charge in [0.1, 0.15) is 0 Å². The Kier molecular flexibility index (Phi) is 34.4. The summed E-state index contributed by atoms with van der Waals surface area (Å²) in [6.45, 7) is 0. The standard InChI is InChI=1S/C30H58O4.Ca/c31-29(32)27-25-23-21-19-17-15-13-11-9-7-5-3-1-2-4-6-8-10-12-14-16-18-20-22-24-26-28-30(33)34;/h1-28H2,(H,31,32)(H,33,34);/q;+2/p-2. The molecule has 0 bridgehead atoms. The average molecular weight is 521 g/mol. The summed E-state index contributed by atoms with van der Waals surface area (Å²) in [7, 11) is 0. The van der Waals surface area contributed by atoms with Gasteiger partial charge in [0.2, 0.25) is 0 Å². The van der Waals surface area contributed by atoms with Gasteiger partial charge in [0.15, 0.2) is 0 Å². The van der Waals surface area contributed by atoms with Gasteiger partial charge in [-0.1, -0.05) is 154 Å². The minimum absolute atomic E-state index is 0. The zero-order valence-corrected chi connectivity index (χ0v) is 25.3. The van der Waals surface area contributed by atoms with E-state index in [1.807, 2.05) is 0 Å². The second-order valence-electron chi connectivity index (χ2n) is 10.4. The van der Waals surface area contributed by atoms with Gasteiger partial charge in [-0.25, -0.2) is 0 Å². The molecule has 0 aromatic carbocycles. The number of hydrogen-bond donors (Lipinski definition) is 0. The van der Waals surface area contributed by atoms with Gasteiger partial charge in [0.25, 0.3) is 0 Å². The number of carboxylic acids is 2. The van der Waals surface area contributed by atoms with Crippen LogP contribution in [-0.2, 0) is 9.59 Å². The van der Waals surface area contributed by atoms with Crippen LogP contribution in [0.15, 0.2) is 0 Å². The van der Waals surface area contributed by atoms with Gasteiger partial charge in [0, 0.05) is 11.9 Å². The first-order chi connectivity index (χ1) is 16.6. The third kappa shape index (κ3) is 36.4. The number of carboxylic acid groups (broad SMARTS) is 2. The molecule has 35 heavy (non-hydrogen) atoms. The Labute approximate surface area is 247 Å². The summed E-state index contributed by atoms with van der Waals surface area (Å²) in [5.41, 5.74) is 0. The van der Waals surface area contributed by atoms with Gasteiger partial charge < -0.3 is 19.8 Å². The van der Waals surface area contributed by atoms with Gasteiger partial charge in [-0.3, -0.25) is 0 Å². The van der Waals surface area contributed by atoms with Gasteiger partial charge >= 0.3 is 37.7 Å². The van der Waals surface area contributed by atoms with Crippen molar-refractivity contribution in [3.05, 3.63) is 0 Å². The van der Waals surface area contributed by atoms with Crippen molar-refractivity contribution in [1.82, 2.24) is 0 Å². The molecule has 0 aromatic rings. The molecule has 0 atom stereocenters. The number of hydrogen-bond acceptors (Lipinski definition) is 4. The first-order valence-corrected chi connectivity index (χ1v) is 15.0. The number of carbonyl (C=O) groups is 2. The van der Waals surface area contributed by atoms with Crippen LogP contribution in [0.1, 0.15) is 180 Å². The fraction of sp³-hybridized carbons (Fsp3) is 0.933. The van der Waals surface area contributed by atoms with Gasteiger partial charge in [-0.2, -0.15) is 0 Å². The first kappa shape index (κ1) is 37.4. The Morgan fingerprint density at radius 2 is 0.400 bits per heavy atom. The number of rotatable bonds is 29. The predicted octanol–water partition coefficient (Wildman–Crippen LogP) is 7.03. The molecule has 0 fully saturated rings. The maximum Gasteiger partial charge on any atom is 2.00 e. The Hall–Kier alpha value is 0.200. The Morgan fingerprint density at radius 3 is 0.514 bits per heavy atom. The molecule has 0 aliphatic heterocycles. The van der Waals surface area contributed by atoms with Gasteiger partial charge in [-0.15, -0.1) is 0 Å². The van der Waals surface area contributed by atoms with Gasteiger partial charge in [-0.05, 0) is 25.7 Å². The summed E-state index contributed by atoms with van der Waals surface area (Å²) in [5.74, 6) is -1.82. The molecule has 5 heteroatoms. The molecule has 0 radical (unpaired) electrons. The van der Waals surface area contributed by atoms with Crippen LogP contribution in [0.4, 0.5) is 0 Å². The molecule has 4 nitrogen and oxygen atoms in total. The molecule has 202 valence electrons. The summed E-state index contributed by atoms with van der Waals surface area (Å²) < 4.78 is 0. The third-order valence-corrected chi connectivity index (χ3v) is 7.01. The molecule has 0 aromatic heterocycles. The van der Waals surface area contributed by atoms with E-state index in [0.717, 1.165) is 25.7 Å². The summed E-state index contributed by atoms with van der Waals surface area (Å²) in [5, 5.41) is 20.7. The van der Waals surface area contributed by atoms with Crippen LogP contribution in [0.5, 0.6) is 0 Å². The van der Waals surface area contributed by atoms with Crippen LogP contribution in [0.2, 0.25) is 0 Å². The van der Waals surface area contributed by atoms with E-state index < -0.39 is 11.9 Å². The number of aliphatic carboxylic acids is 2. The molecule has 0 amide bonds. The van der Waals surface area contributed by atoms with E-state index >= 15 is 0 Å². The quantitative estimate of drug-likeness (QED) is 0.0783. The number of unbranched alkanes of at least 4 members (excludes halogenated alkanes) is 25. The zero-order chi connectivity index (χ0) is 25.0. The molecule has 0 spiro atoms. The SMILES string of the molecule is O=C([O-])CCCCCCCCCCCCCCCCCCCCCCCCCCCCC(=O)[O-].[Ca+2]. The zero-order valence-electron chi connectivity index (χ0n) is 23.1. The van der Waals surface area contributed by atoms with Crippen LogP contribution in [0, 0.1) is 0 Å². The molecular formula is C30H56CaO4. The van der Waals surface area contributed by atoms with Crippen molar-refractivity contribution >= 4 is 49.7 Å². The Bertz CT molecular complexity index is 402. The Morgan fingerprint density at radius 1 is 0.286 bits per heavy atom. The van der Waals surface area contributed by atoms with Crippen molar-refractivity contribution in [2.45, 2.75) is 180 Å². The van der Waals surface area contributed by atoms with Gasteiger partial charge in [0.05, 0.1) is 0 Å². The van der Waals surface area contributed by atoms with Crippen molar-refractivity contribution < 1.29 is 19.8 Å². The van der Waals surface area contributed by atoms with E-state index in [4.69, 9.17) is 0 Å². The monoisotopic (exact) mass is 520 g/mol. The van der Waals surface area contributed by atoms with Crippen LogP contribution >= 0.6 is 0 Å². The average Bonchev–Trinajstić information content (AvgIpc) is 2.80. The fourth-order valence-corrected chi connectivity index (χ4v) is 4.78. The van der Waals surface area contributed by atoms with Crippen LogP contribution in [0.3, 0.4) is 0 Å². The molecular weight excluding hydrogens is 464 g/mol. The maximum absolute atomic E-state index is 10.3. The predicted molar refractivity (Wildman–Crippen MR) is 145 cm³/mol. The summed E-state index contributed by atoms with van der Waals surface area (Å²) in [4.78, 5) is 20.7. The minimum Gasteiger partial charge on any atom is -0.550 e. The molecule has 0 aliphatic carbocycles. The van der Waals surface area contributed by atoms with E-state index in [-0.39, 0.29) is 50.6 Å². The Balaban J connectivity index is 0. The first-order valence-electron chi connectivity index (χ1n) is 15.0. The second kappa shape index (κ2) is 32.2. The summed E-state index contributed by atoms with van der Waals surface area (Å²) >= 11 is 0. The van der Waals surface area contributed by atoms with Crippen molar-refractivity contribution in [2.24, 2.45) is 0 Å². The van der Waals surface area contributed by atoms with Crippen LogP contribution < -0.4 is 10.2 Å². The smallest absolute Gasteiger partial charge is 0.550 e. The van der Waals surface area contributed by atoms with Crippen molar-refractivity contribution in [3.8, 4) is 0 Å². The van der Waals surface area contributed by atoms with E-state index in [1.165, 1.54) is 141 Å². The minimum atomic E-state index is -0.909. The van der Waals surface area contributed by atoms with E-state index in [9.17, 15) is 19.8 Å². The van der Waals surface area contributed by atoms with Crippen LogP contribution in [0.25, 0.3) is 0 Å². The maximum atomic E-state index is 10.3.